The van der Waals surface area contributed by atoms with E-state index in [1.165, 1.54) is 32.1 Å². The maximum atomic E-state index is 11.7. The SMILES string of the molecule is CCCCC(C)NCCC(=O)N1CCCC1. The average molecular weight is 226 g/mol. The Balaban J connectivity index is 2.03. The summed E-state index contributed by atoms with van der Waals surface area (Å²) in [7, 11) is 0. The van der Waals surface area contributed by atoms with Crippen molar-refractivity contribution < 1.29 is 4.79 Å². The minimum absolute atomic E-state index is 0.327. The highest BCUT2D eigenvalue weighted by Gasteiger charge is 2.17. The van der Waals surface area contributed by atoms with E-state index >= 15 is 0 Å². The van der Waals surface area contributed by atoms with Crippen molar-refractivity contribution >= 4 is 5.91 Å². The summed E-state index contributed by atoms with van der Waals surface area (Å²) in [6.07, 6.45) is 6.77. The molecule has 0 aromatic rings. The Labute approximate surface area is 99.6 Å². The van der Waals surface area contributed by atoms with Gasteiger partial charge in [-0.1, -0.05) is 19.8 Å². The van der Waals surface area contributed by atoms with Crippen LogP contribution in [0.1, 0.15) is 52.4 Å². The van der Waals surface area contributed by atoms with Gasteiger partial charge in [0, 0.05) is 32.1 Å². The van der Waals surface area contributed by atoms with Gasteiger partial charge >= 0.3 is 0 Å². The van der Waals surface area contributed by atoms with Crippen LogP contribution >= 0.6 is 0 Å². The Morgan fingerprint density at radius 2 is 2.06 bits per heavy atom. The number of nitrogens with one attached hydrogen (secondary N) is 1. The van der Waals surface area contributed by atoms with Crippen molar-refractivity contribution in [3.8, 4) is 0 Å². The van der Waals surface area contributed by atoms with Crippen molar-refractivity contribution in [1.82, 2.24) is 10.2 Å². The van der Waals surface area contributed by atoms with Gasteiger partial charge in [-0.3, -0.25) is 4.79 Å². The summed E-state index contributed by atoms with van der Waals surface area (Å²) in [5, 5.41) is 3.42. The molecule has 1 atom stereocenters. The number of rotatable bonds is 7. The lowest BCUT2D eigenvalue weighted by atomic mass is 10.1. The minimum atomic E-state index is 0.327. The molecule has 3 nitrogen and oxygen atoms in total. The van der Waals surface area contributed by atoms with Crippen molar-refractivity contribution in [2.24, 2.45) is 0 Å². The summed E-state index contributed by atoms with van der Waals surface area (Å²) in [6, 6.07) is 0.548. The van der Waals surface area contributed by atoms with Gasteiger partial charge < -0.3 is 10.2 Å². The van der Waals surface area contributed by atoms with Crippen LogP contribution in [-0.4, -0.2) is 36.5 Å². The number of hydrogen-bond acceptors (Lipinski definition) is 2. The number of unbranched alkanes of at least 4 members (excludes halogenated alkanes) is 1. The molecule has 1 saturated heterocycles. The second kappa shape index (κ2) is 7.66. The quantitative estimate of drug-likeness (QED) is 0.721. The molecule has 0 aromatic carbocycles. The van der Waals surface area contributed by atoms with Crippen LogP contribution in [0.25, 0.3) is 0 Å². The van der Waals surface area contributed by atoms with Crippen LogP contribution in [0.4, 0.5) is 0 Å². The zero-order valence-electron chi connectivity index (χ0n) is 10.8. The lowest BCUT2D eigenvalue weighted by Crippen LogP contribution is -2.33. The molecule has 0 saturated carbocycles. The first-order chi connectivity index (χ1) is 7.74. The Morgan fingerprint density at radius 1 is 1.38 bits per heavy atom. The molecule has 1 unspecified atom stereocenters. The largest absolute Gasteiger partial charge is 0.343 e. The molecule has 1 amide bonds. The lowest BCUT2D eigenvalue weighted by Gasteiger charge is -2.17. The molecule has 0 spiro atoms. The Morgan fingerprint density at radius 3 is 2.69 bits per heavy atom. The molecule has 0 radical (unpaired) electrons. The third-order valence-corrected chi connectivity index (χ3v) is 3.28. The molecule has 0 aliphatic carbocycles. The second-order valence-electron chi connectivity index (χ2n) is 4.84. The van der Waals surface area contributed by atoms with Gasteiger partial charge in [0.2, 0.25) is 5.91 Å². The monoisotopic (exact) mass is 226 g/mol. The van der Waals surface area contributed by atoms with Crippen LogP contribution in [-0.2, 0) is 4.79 Å². The number of likely N-dealkylation sites (tertiary alicyclic amines) is 1. The molecular formula is C13H26N2O. The van der Waals surface area contributed by atoms with Crippen LogP contribution in [0.5, 0.6) is 0 Å². The van der Waals surface area contributed by atoms with Crippen LogP contribution in [0.3, 0.4) is 0 Å². The summed E-state index contributed by atoms with van der Waals surface area (Å²) in [5.74, 6) is 0.327. The lowest BCUT2D eigenvalue weighted by molar-refractivity contribution is -0.130. The third kappa shape index (κ3) is 4.97. The number of amides is 1. The molecule has 16 heavy (non-hydrogen) atoms. The van der Waals surface area contributed by atoms with E-state index in [9.17, 15) is 4.79 Å². The van der Waals surface area contributed by atoms with E-state index < -0.39 is 0 Å². The molecule has 1 N–H and O–H groups in total. The van der Waals surface area contributed by atoms with Gasteiger partial charge in [-0.15, -0.1) is 0 Å². The molecule has 1 aliphatic heterocycles. The fourth-order valence-corrected chi connectivity index (χ4v) is 2.16. The van der Waals surface area contributed by atoms with Gasteiger partial charge in [-0.25, -0.2) is 0 Å². The standard InChI is InChI=1S/C13H26N2O/c1-3-4-7-12(2)14-9-8-13(16)15-10-5-6-11-15/h12,14H,3-11H2,1-2H3. The van der Waals surface area contributed by atoms with Gasteiger partial charge in [0.1, 0.15) is 0 Å². The van der Waals surface area contributed by atoms with E-state index in [0.717, 1.165) is 19.6 Å². The summed E-state index contributed by atoms with van der Waals surface area (Å²) in [4.78, 5) is 13.7. The van der Waals surface area contributed by atoms with Crippen LogP contribution in [0.2, 0.25) is 0 Å². The van der Waals surface area contributed by atoms with E-state index in [-0.39, 0.29) is 0 Å². The fraction of sp³-hybridized carbons (Fsp3) is 0.923. The highest BCUT2D eigenvalue weighted by atomic mass is 16.2. The topological polar surface area (TPSA) is 32.3 Å². The fourth-order valence-electron chi connectivity index (χ4n) is 2.16. The second-order valence-corrected chi connectivity index (χ2v) is 4.84. The van der Waals surface area contributed by atoms with Crippen LogP contribution in [0.15, 0.2) is 0 Å². The number of hydrogen-bond donors (Lipinski definition) is 1. The van der Waals surface area contributed by atoms with Gasteiger partial charge in [-0.2, -0.15) is 0 Å². The van der Waals surface area contributed by atoms with E-state index in [2.05, 4.69) is 19.2 Å². The molecule has 1 aliphatic rings. The zero-order valence-corrected chi connectivity index (χ0v) is 10.8. The first kappa shape index (κ1) is 13.5. The van der Waals surface area contributed by atoms with Crippen LogP contribution < -0.4 is 5.32 Å². The highest BCUT2D eigenvalue weighted by molar-refractivity contribution is 5.76. The summed E-state index contributed by atoms with van der Waals surface area (Å²) in [5.41, 5.74) is 0. The zero-order chi connectivity index (χ0) is 11.8. The van der Waals surface area contributed by atoms with Crippen LogP contribution in [0, 0.1) is 0 Å². The number of carbonyl (C=O) groups excluding carboxylic acids is 1. The summed E-state index contributed by atoms with van der Waals surface area (Å²) in [6.45, 7) is 7.20. The molecule has 0 aromatic heterocycles. The van der Waals surface area contributed by atoms with Gasteiger partial charge in [-0.05, 0) is 26.2 Å². The maximum absolute atomic E-state index is 11.7. The Kier molecular flexibility index (Phi) is 6.46. The van der Waals surface area contributed by atoms with Gasteiger partial charge in [0.15, 0.2) is 0 Å². The molecule has 1 rings (SSSR count). The van der Waals surface area contributed by atoms with E-state index in [1.54, 1.807) is 0 Å². The summed E-state index contributed by atoms with van der Waals surface area (Å²) >= 11 is 0. The van der Waals surface area contributed by atoms with Crippen molar-refractivity contribution in [1.29, 1.82) is 0 Å². The van der Waals surface area contributed by atoms with E-state index in [0.29, 0.717) is 18.4 Å². The molecule has 1 heterocycles. The highest BCUT2D eigenvalue weighted by Crippen LogP contribution is 2.08. The van der Waals surface area contributed by atoms with Crippen molar-refractivity contribution in [3.63, 3.8) is 0 Å². The predicted molar refractivity (Wildman–Crippen MR) is 67.4 cm³/mol. The molecule has 1 fully saturated rings. The van der Waals surface area contributed by atoms with E-state index in [1.807, 2.05) is 4.90 Å². The average Bonchev–Trinajstić information content (AvgIpc) is 2.79. The molecular weight excluding hydrogens is 200 g/mol. The van der Waals surface area contributed by atoms with Gasteiger partial charge in [0.05, 0.1) is 0 Å². The normalized spacial score (nSPS) is 17.8. The first-order valence-electron chi connectivity index (χ1n) is 6.75. The molecule has 3 heteroatoms. The van der Waals surface area contributed by atoms with Crippen molar-refractivity contribution in [2.75, 3.05) is 19.6 Å². The first-order valence-corrected chi connectivity index (χ1v) is 6.75. The smallest absolute Gasteiger partial charge is 0.223 e. The number of nitrogens with zero attached hydrogens (tertiary/aromatic N) is 1. The third-order valence-electron chi connectivity index (χ3n) is 3.28. The summed E-state index contributed by atoms with van der Waals surface area (Å²) < 4.78 is 0. The van der Waals surface area contributed by atoms with Crippen molar-refractivity contribution in [3.05, 3.63) is 0 Å². The van der Waals surface area contributed by atoms with Crippen molar-refractivity contribution in [2.45, 2.75) is 58.4 Å². The molecule has 0 bridgehead atoms. The Bertz CT molecular complexity index is 200. The maximum Gasteiger partial charge on any atom is 0.223 e. The van der Waals surface area contributed by atoms with Gasteiger partial charge in [0.25, 0.3) is 0 Å². The number of carbonyl (C=O) groups is 1. The minimum Gasteiger partial charge on any atom is -0.343 e. The Hall–Kier alpha value is -0.570. The van der Waals surface area contributed by atoms with E-state index in [4.69, 9.17) is 0 Å². The molecule has 94 valence electrons. The predicted octanol–water partition coefficient (Wildman–Crippen LogP) is 2.17.